The van der Waals surface area contributed by atoms with Gasteiger partial charge in [0.15, 0.2) is 0 Å². The first-order valence-corrected chi connectivity index (χ1v) is 8.54. The zero-order valence-electron chi connectivity index (χ0n) is 12.6. The van der Waals surface area contributed by atoms with E-state index in [1.54, 1.807) is 11.3 Å². The van der Waals surface area contributed by atoms with Gasteiger partial charge in [0.2, 0.25) is 0 Å². The molecule has 3 rings (SSSR count). The van der Waals surface area contributed by atoms with Crippen LogP contribution < -0.4 is 10.6 Å². The fourth-order valence-electron chi connectivity index (χ4n) is 2.43. The molecule has 2 heterocycles. The van der Waals surface area contributed by atoms with Crippen LogP contribution in [0.1, 0.15) is 55.3 Å². The lowest BCUT2D eigenvalue weighted by Crippen LogP contribution is -2.12. The van der Waals surface area contributed by atoms with E-state index in [0.29, 0.717) is 12.0 Å². The normalized spacial score (nSPS) is 15.7. The minimum atomic E-state index is 0.335. The highest BCUT2D eigenvalue weighted by Crippen LogP contribution is 2.39. The van der Waals surface area contributed by atoms with Crippen LogP contribution in [0.4, 0.5) is 11.6 Å². The van der Waals surface area contributed by atoms with Crippen LogP contribution in [0.15, 0.2) is 23.6 Å². The van der Waals surface area contributed by atoms with E-state index >= 15 is 0 Å². The molecule has 0 amide bonds. The lowest BCUT2D eigenvalue weighted by molar-refractivity contribution is 0.683. The second-order valence-corrected chi connectivity index (χ2v) is 6.50. The van der Waals surface area contributed by atoms with Gasteiger partial charge in [-0.25, -0.2) is 9.97 Å². The maximum Gasteiger partial charge on any atom is 0.136 e. The molecule has 1 aliphatic rings. The molecule has 2 aromatic heterocycles. The molecule has 0 aromatic carbocycles. The molecule has 112 valence electrons. The summed E-state index contributed by atoms with van der Waals surface area (Å²) < 4.78 is 0. The number of hydrogen-bond acceptors (Lipinski definition) is 5. The van der Waals surface area contributed by atoms with E-state index in [1.807, 2.05) is 13.1 Å². The number of thiophene rings is 1. The quantitative estimate of drug-likeness (QED) is 0.795. The summed E-state index contributed by atoms with van der Waals surface area (Å²) in [4.78, 5) is 10.7. The van der Waals surface area contributed by atoms with E-state index in [2.05, 4.69) is 40.1 Å². The minimum absolute atomic E-state index is 0.335. The van der Waals surface area contributed by atoms with Crippen LogP contribution in [-0.2, 0) is 0 Å². The molecule has 1 atom stereocenters. The highest BCUT2D eigenvalue weighted by molar-refractivity contribution is 7.10. The molecule has 0 saturated heterocycles. The van der Waals surface area contributed by atoms with E-state index in [-0.39, 0.29) is 0 Å². The molecule has 0 aliphatic heterocycles. The van der Waals surface area contributed by atoms with Gasteiger partial charge in [-0.2, -0.15) is 0 Å². The SMILES string of the molecule is CCCC(Nc1cc(NC)nc(C2CC2)n1)c1cccs1. The van der Waals surface area contributed by atoms with Crippen molar-refractivity contribution in [1.82, 2.24) is 9.97 Å². The number of aromatic nitrogens is 2. The summed E-state index contributed by atoms with van der Waals surface area (Å²) >= 11 is 1.80. The van der Waals surface area contributed by atoms with Crippen LogP contribution in [0.3, 0.4) is 0 Å². The molecule has 0 spiro atoms. The molecule has 2 N–H and O–H groups in total. The van der Waals surface area contributed by atoms with Gasteiger partial charge in [-0.15, -0.1) is 11.3 Å². The topological polar surface area (TPSA) is 49.8 Å². The molecule has 21 heavy (non-hydrogen) atoms. The summed E-state index contributed by atoms with van der Waals surface area (Å²) in [5, 5.41) is 8.87. The van der Waals surface area contributed by atoms with Crippen molar-refractivity contribution in [3.05, 3.63) is 34.3 Å². The molecule has 1 aliphatic carbocycles. The Kier molecular flexibility index (Phi) is 4.39. The van der Waals surface area contributed by atoms with Gasteiger partial charge in [0, 0.05) is 23.9 Å². The van der Waals surface area contributed by atoms with E-state index in [1.165, 1.54) is 17.7 Å². The molecule has 1 unspecified atom stereocenters. The van der Waals surface area contributed by atoms with Crippen LogP contribution in [0.2, 0.25) is 0 Å². The zero-order valence-corrected chi connectivity index (χ0v) is 13.4. The van der Waals surface area contributed by atoms with Gasteiger partial charge in [-0.05, 0) is 30.7 Å². The molecule has 4 nitrogen and oxygen atoms in total. The monoisotopic (exact) mass is 302 g/mol. The van der Waals surface area contributed by atoms with Crippen molar-refractivity contribution in [2.24, 2.45) is 0 Å². The van der Waals surface area contributed by atoms with Crippen molar-refractivity contribution in [3.8, 4) is 0 Å². The van der Waals surface area contributed by atoms with Gasteiger partial charge in [0.1, 0.15) is 17.5 Å². The third-order valence-corrected chi connectivity index (χ3v) is 4.71. The fourth-order valence-corrected chi connectivity index (χ4v) is 3.25. The largest absolute Gasteiger partial charge is 0.373 e. The Morgan fingerprint density at radius 2 is 2.14 bits per heavy atom. The Morgan fingerprint density at radius 1 is 1.33 bits per heavy atom. The van der Waals surface area contributed by atoms with E-state index in [0.717, 1.165) is 30.3 Å². The van der Waals surface area contributed by atoms with Gasteiger partial charge >= 0.3 is 0 Å². The average molecular weight is 302 g/mol. The van der Waals surface area contributed by atoms with Crippen LogP contribution in [0, 0.1) is 0 Å². The second kappa shape index (κ2) is 6.43. The highest BCUT2D eigenvalue weighted by atomic mass is 32.1. The molecule has 1 saturated carbocycles. The summed E-state index contributed by atoms with van der Waals surface area (Å²) in [5.74, 6) is 3.37. The number of rotatable bonds is 7. The Bertz CT molecular complexity index is 578. The predicted octanol–water partition coefficient (Wildman–Crippen LogP) is 4.41. The first kappa shape index (κ1) is 14.3. The lowest BCUT2D eigenvalue weighted by atomic mass is 10.1. The van der Waals surface area contributed by atoms with Crippen LogP contribution in [0.5, 0.6) is 0 Å². The molecular formula is C16H22N4S. The number of nitrogens with zero attached hydrogens (tertiary/aromatic N) is 2. The van der Waals surface area contributed by atoms with Crippen molar-refractivity contribution >= 4 is 23.0 Å². The Hall–Kier alpha value is -1.62. The Balaban J connectivity index is 1.83. The highest BCUT2D eigenvalue weighted by Gasteiger charge is 2.27. The maximum atomic E-state index is 4.72. The van der Waals surface area contributed by atoms with Gasteiger partial charge in [-0.3, -0.25) is 0 Å². The second-order valence-electron chi connectivity index (χ2n) is 5.52. The van der Waals surface area contributed by atoms with Gasteiger partial charge in [0.05, 0.1) is 6.04 Å². The molecular weight excluding hydrogens is 280 g/mol. The van der Waals surface area contributed by atoms with Crippen molar-refractivity contribution < 1.29 is 0 Å². The first-order valence-electron chi connectivity index (χ1n) is 7.66. The predicted molar refractivity (Wildman–Crippen MR) is 89.1 cm³/mol. The number of nitrogens with one attached hydrogen (secondary N) is 2. The van der Waals surface area contributed by atoms with Crippen LogP contribution in [-0.4, -0.2) is 17.0 Å². The van der Waals surface area contributed by atoms with E-state index in [9.17, 15) is 0 Å². The molecule has 0 bridgehead atoms. The van der Waals surface area contributed by atoms with Gasteiger partial charge in [-0.1, -0.05) is 19.4 Å². The lowest BCUT2D eigenvalue weighted by Gasteiger charge is -2.18. The van der Waals surface area contributed by atoms with Gasteiger partial charge < -0.3 is 10.6 Å². The minimum Gasteiger partial charge on any atom is -0.373 e. The van der Waals surface area contributed by atoms with Crippen molar-refractivity contribution in [1.29, 1.82) is 0 Å². The molecule has 5 heteroatoms. The van der Waals surface area contributed by atoms with Crippen LogP contribution in [0.25, 0.3) is 0 Å². The standard InChI is InChI=1S/C16H22N4S/c1-3-5-12(13-6-4-9-21-13)18-15-10-14(17-2)19-16(20-15)11-7-8-11/h4,6,9-12H,3,5,7-8H2,1-2H3,(H2,17,18,19,20). The summed E-state index contributed by atoms with van der Waals surface area (Å²) in [6.45, 7) is 2.22. The van der Waals surface area contributed by atoms with Crippen molar-refractivity contribution in [2.45, 2.75) is 44.6 Å². The summed E-state index contributed by atoms with van der Waals surface area (Å²) in [5.41, 5.74) is 0. The smallest absolute Gasteiger partial charge is 0.136 e. The molecule has 2 aromatic rings. The van der Waals surface area contributed by atoms with Crippen molar-refractivity contribution in [2.75, 3.05) is 17.7 Å². The first-order chi connectivity index (χ1) is 10.3. The van der Waals surface area contributed by atoms with E-state index in [4.69, 9.17) is 4.98 Å². The Labute approximate surface area is 130 Å². The maximum absolute atomic E-state index is 4.72. The number of hydrogen-bond donors (Lipinski definition) is 2. The van der Waals surface area contributed by atoms with Crippen molar-refractivity contribution in [3.63, 3.8) is 0 Å². The van der Waals surface area contributed by atoms with Gasteiger partial charge in [0.25, 0.3) is 0 Å². The fraction of sp³-hybridized carbons (Fsp3) is 0.500. The zero-order chi connectivity index (χ0) is 14.7. The van der Waals surface area contributed by atoms with Crippen LogP contribution >= 0.6 is 11.3 Å². The third-order valence-electron chi connectivity index (χ3n) is 3.73. The van der Waals surface area contributed by atoms with E-state index < -0.39 is 0 Å². The summed E-state index contributed by atoms with van der Waals surface area (Å²) in [6.07, 6.45) is 4.69. The summed E-state index contributed by atoms with van der Waals surface area (Å²) in [7, 11) is 1.91. The molecule has 1 fully saturated rings. The summed E-state index contributed by atoms with van der Waals surface area (Å²) in [6, 6.07) is 6.64. The third kappa shape index (κ3) is 3.53. The molecule has 0 radical (unpaired) electrons. The Morgan fingerprint density at radius 3 is 2.76 bits per heavy atom. The average Bonchev–Trinajstić information content (AvgIpc) is 3.21. The number of anilines is 2.